The number of H-pyrrole nitrogens is 2. The van der Waals surface area contributed by atoms with Crippen LogP contribution in [0.25, 0.3) is 44.6 Å². The lowest BCUT2D eigenvalue weighted by Gasteiger charge is -2.37. The highest BCUT2D eigenvalue weighted by Gasteiger charge is 2.24. The van der Waals surface area contributed by atoms with Crippen molar-refractivity contribution in [2.24, 2.45) is 5.73 Å². The number of nitrogens with one attached hydrogen (secondary N) is 2. The zero-order valence-electron chi connectivity index (χ0n) is 15.4. The minimum Gasteiger partial charge on any atom is -0.353 e. The average molecular weight is 383 g/mol. The molecule has 0 amide bonds. The summed E-state index contributed by atoms with van der Waals surface area (Å²) in [7, 11) is 0. The van der Waals surface area contributed by atoms with Gasteiger partial charge in [-0.15, -0.1) is 0 Å². The molecule has 6 rings (SSSR count). The molecule has 1 saturated heterocycles. The van der Waals surface area contributed by atoms with Gasteiger partial charge in [0.25, 0.3) is 0 Å². The molecule has 142 valence electrons. The summed E-state index contributed by atoms with van der Waals surface area (Å²) in [5, 5.41) is 9.56. The molecular formula is C20H17N9. The van der Waals surface area contributed by atoms with Gasteiger partial charge in [-0.1, -0.05) is 0 Å². The van der Waals surface area contributed by atoms with Crippen LogP contribution in [0.3, 0.4) is 0 Å². The Morgan fingerprint density at radius 3 is 2.79 bits per heavy atom. The number of nitrogens with zero attached hydrogens (tertiary/aromatic N) is 6. The van der Waals surface area contributed by atoms with E-state index in [1.54, 1.807) is 24.8 Å². The predicted molar refractivity (Wildman–Crippen MR) is 110 cm³/mol. The second kappa shape index (κ2) is 6.08. The zero-order valence-corrected chi connectivity index (χ0v) is 15.4. The Labute approximate surface area is 165 Å². The fourth-order valence-electron chi connectivity index (χ4n) is 3.69. The molecular weight excluding hydrogens is 366 g/mol. The Morgan fingerprint density at radius 2 is 1.93 bits per heavy atom. The molecule has 6 heterocycles. The van der Waals surface area contributed by atoms with Crippen LogP contribution in [0.15, 0.2) is 49.2 Å². The van der Waals surface area contributed by atoms with E-state index in [1.807, 2.05) is 24.4 Å². The number of fused-ring (bicyclic) bond motifs is 2. The summed E-state index contributed by atoms with van der Waals surface area (Å²) in [5.74, 6) is 0.821. The summed E-state index contributed by atoms with van der Waals surface area (Å²) in [5.41, 5.74) is 11.0. The van der Waals surface area contributed by atoms with Gasteiger partial charge in [-0.2, -0.15) is 5.10 Å². The van der Waals surface area contributed by atoms with Crippen LogP contribution in [-0.2, 0) is 0 Å². The van der Waals surface area contributed by atoms with Crippen LogP contribution in [-0.4, -0.2) is 54.2 Å². The van der Waals surface area contributed by atoms with E-state index >= 15 is 0 Å². The molecule has 9 heteroatoms. The lowest BCUT2D eigenvalue weighted by atomic mass is 10.1. The van der Waals surface area contributed by atoms with E-state index in [0.717, 1.165) is 63.5 Å². The van der Waals surface area contributed by atoms with Gasteiger partial charge in [0, 0.05) is 47.8 Å². The van der Waals surface area contributed by atoms with Crippen molar-refractivity contribution in [1.82, 2.24) is 35.1 Å². The number of aromatic amines is 2. The summed E-state index contributed by atoms with van der Waals surface area (Å²) in [6.45, 7) is 1.59. The first-order valence-electron chi connectivity index (χ1n) is 9.35. The minimum absolute atomic E-state index is 0.204. The van der Waals surface area contributed by atoms with Gasteiger partial charge in [0.1, 0.15) is 17.2 Å². The van der Waals surface area contributed by atoms with E-state index in [-0.39, 0.29) is 6.04 Å². The second-order valence-corrected chi connectivity index (χ2v) is 7.26. The molecule has 0 aromatic carbocycles. The zero-order chi connectivity index (χ0) is 19.4. The molecule has 0 spiro atoms. The molecule has 0 atom stereocenters. The van der Waals surface area contributed by atoms with Gasteiger partial charge in [-0.3, -0.25) is 20.1 Å². The van der Waals surface area contributed by atoms with E-state index < -0.39 is 0 Å². The maximum absolute atomic E-state index is 5.89. The number of hydrogen-bond donors (Lipinski definition) is 3. The normalized spacial score (nSPS) is 14.6. The molecule has 9 nitrogen and oxygen atoms in total. The van der Waals surface area contributed by atoms with Crippen molar-refractivity contribution in [2.75, 3.05) is 18.0 Å². The van der Waals surface area contributed by atoms with E-state index in [0.29, 0.717) is 0 Å². The molecule has 5 aromatic rings. The van der Waals surface area contributed by atoms with E-state index in [9.17, 15) is 0 Å². The first-order valence-corrected chi connectivity index (χ1v) is 9.35. The lowest BCUT2D eigenvalue weighted by Crippen LogP contribution is -2.56. The molecule has 1 aliphatic rings. The third-order valence-corrected chi connectivity index (χ3v) is 5.24. The minimum atomic E-state index is 0.204. The molecule has 4 N–H and O–H groups in total. The number of pyridine rings is 2. The third-order valence-electron chi connectivity index (χ3n) is 5.24. The SMILES string of the molecule is NC1CN(c2cncc(-c3cc4c(-c5cc6cnccc6[nH]5)n[nH]c4cn3)n2)C1. The van der Waals surface area contributed by atoms with Crippen molar-refractivity contribution >= 4 is 27.6 Å². The highest BCUT2D eigenvalue weighted by molar-refractivity contribution is 5.96. The molecule has 0 radical (unpaired) electrons. The largest absolute Gasteiger partial charge is 0.353 e. The Bertz CT molecular complexity index is 1310. The molecule has 0 saturated carbocycles. The molecule has 1 aliphatic heterocycles. The number of nitrogens with two attached hydrogens (primary N) is 1. The highest BCUT2D eigenvalue weighted by Crippen LogP contribution is 2.30. The Balaban J connectivity index is 1.43. The number of hydrogen-bond acceptors (Lipinski definition) is 7. The van der Waals surface area contributed by atoms with E-state index in [2.05, 4.69) is 35.0 Å². The summed E-state index contributed by atoms with van der Waals surface area (Å²) < 4.78 is 0. The topological polar surface area (TPSA) is 125 Å². The summed E-state index contributed by atoms with van der Waals surface area (Å²) in [6, 6.07) is 6.19. The van der Waals surface area contributed by atoms with Gasteiger partial charge in [-0.05, 0) is 18.2 Å². The number of anilines is 1. The molecule has 0 bridgehead atoms. The summed E-state index contributed by atoms with van der Waals surface area (Å²) in [4.78, 5) is 23.3. The fourth-order valence-corrected chi connectivity index (χ4v) is 3.69. The van der Waals surface area contributed by atoms with Gasteiger partial charge >= 0.3 is 0 Å². The summed E-state index contributed by atoms with van der Waals surface area (Å²) >= 11 is 0. The van der Waals surface area contributed by atoms with Crippen molar-refractivity contribution in [1.29, 1.82) is 0 Å². The maximum Gasteiger partial charge on any atom is 0.147 e. The highest BCUT2D eigenvalue weighted by atomic mass is 15.3. The van der Waals surface area contributed by atoms with Crippen molar-refractivity contribution in [3.63, 3.8) is 0 Å². The van der Waals surface area contributed by atoms with Crippen LogP contribution >= 0.6 is 0 Å². The van der Waals surface area contributed by atoms with Gasteiger partial charge in [0.15, 0.2) is 0 Å². The monoisotopic (exact) mass is 383 g/mol. The van der Waals surface area contributed by atoms with Crippen LogP contribution in [0.2, 0.25) is 0 Å². The van der Waals surface area contributed by atoms with Gasteiger partial charge in [0.2, 0.25) is 0 Å². The summed E-state index contributed by atoms with van der Waals surface area (Å²) in [6.07, 6.45) is 8.87. The Morgan fingerprint density at radius 1 is 1.00 bits per heavy atom. The Hall–Kier alpha value is -3.85. The van der Waals surface area contributed by atoms with Crippen molar-refractivity contribution < 1.29 is 0 Å². The van der Waals surface area contributed by atoms with Gasteiger partial charge in [0.05, 0.1) is 35.5 Å². The molecule has 5 aromatic heterocycles. The molecule has 29 heavy (non-hydrogen) atoms. The number of aromatic nitrogens is 7. The van der Waals surface area contributed by atoms with Crippen molar-refractivity contribution in [3.05, 3.63) is 49.2 Å². The van der Waals surface area contributed by atoms with Crippen LogP contribution in [0.1, 0.15) is 0 Å². The van der Waals surface area contributed by atoms with Crippen LogP contribution < -0.4 is 10.6 Å². The first-order chi connectivity index (χ1) is 14.2. The standard InChI is InChI=1S/C20H17N9/c21-12-9-29(10-12)19-8-23-6-18(26-19)15-4-13-17(7-24-15)27-28-20(13)16-3-11-5-22-2-1-14(11)25-16/h1-8,12,25H,9-10,21H2,(H,27,28). The number of rotatable bonds is 3. The second-order valence-electron chi connectivity index (χ2n) is 7.26. The third kappa shape index (κ3) is 2.63. The Kier molecular flexibility index (Phi) is 3.38. The smallest absolute Gasteiger partial charge is 0.147 e. The fraction of sp³-hybridized carbons (Fsp3) is 0.150. The molecule has 0 aliphatic carbocycles. The van der Waals surface area contributed by atoms with Crippen LogP contribution in [0, 0.1) is 0 Å². The molecule has 1 fully saturated rings. The molecule has 0 unspecified atom stereocenters. The maximum atomic E-state index is 5.89. The van der Waals surface area contributed by atoms with E-state index in [4.69, 9.17) is 10.7 Å². The predicted octanol–water partition coefficient (Wildman–Crippen LogP) is 2.11. The lowest BCUT2D eigenvalue weighted by molar-refractivity contribution is 0.514. The van der Waals surface area contributed by atoms with E-state index in [1.165, 1.54) is 0 Å². The first kappa shape index (κ1) is 16.1. The van der Waals surface area contributed by atoms with Crippen LogP contribution in [0.5, 0.6) is 0 Å². The van der Waals surface area contributed by atoms with Crippen molar-refractivity contribution in [2.45, 2.75) is 6.04 Å². The van der Waals surface area contributed by atoms with Gasteiger partial charge in [-0.25, -0.2) is 4.98 Å². The van der Waals surface area contributed by atoms with Crippen molar-refractivity contribution in [3.8, 4) is 22.8 Å². The quantitative estimate of drug-likeness (QED) is 0.436. The average Bonchev–Trinajstić information content (AvgIpc) is 3.34. The van der Waals surface area contributed by atoms with Gasteiger partial charge < -0.3 is 15.6 Å². The van der Waals surface area contributed by atoms with Crippen LogP contribution in [0.4, 0.5) is 5.82 Å².